The normalized spacial score (nSPS) is 12.8. The van der Waals surface area contributed by atoms with E-state index < -0.39 is 36.6 Å². The minimum absolute atomic E-state index is 0.00329. The van der Waals surface area contributed by atoms with Gasteiger partial charge in [-0.3, -0.25) is 9.78 Å². The van der Waals surface area contributed by atoms with Gasteiger partial charge in [0, 0.05) is 12.4 Å². The molecule has 0 aromatic carbocycles. The highest BCUT2D eigenvalue weighted by molar-refractivity contribution is 5.83. The Bertz CT molecular complexity index is 780. The van der Waals surface area contributed by atoms with Gasteiger partial charge < -0.3 is 31.0 Å². The number of carboxylic acid groups (broad SMARTS) is 1. The van der Waals surface area contributed by atoms with Gasteiger partial charge in [0.05, 0.1) is 19.2 Å². The first-order valence-corrected chi connectivity index (χ1v) is 7.19. The fourth-order valence-electron chi connectivity index (χ4n) is 1.83. The molecule has 0 fully saturated rings. The Morgan fingerprint density at radius 3 is 2.58 bits per heavy atom. The molecule has 13 nitrogen and oxygen atoms in total. The summed E-state index contributed by atoms with van der Waals surface area (Å²) in [5, 5.41) is 29.5. The molecule has 2 atom stereocenters. The third-order valence-corrected chi connectivity index (χ3v) is 3.02. The summed E-state index contributed by atoms with van der Waals surface area (Å²) in [6, 6.07) is -3.61. The molecule has 0 bridgehead atoms. The number of urea groups is 1. The van der Waals surface area contributed by atoms with Crippen LogP contribution in [0.3, 0.4) is 0 Å². The zero-order chi connectivity index (χ0) is 19.1. The van der Waals surface area contributed by atoms with E-state index in [1.807, 2.05) is 5.32 Å². The van der Waals surface area contributed by atoms with Crippen LogP contribution in [0.4, 0.5) is 4.79 Å². The molecule has 0 aliphatic rings. The van der Waals surface area contributed by atoms with Crippen molar-refractivity contribution in [2.24, 2.45) is 5.73 Å². The Morgan fingerprint density at radius 1 is 1.23 bits per heavy atom. The van der Waals surface area contributed by atoms with Crippen molar-refractivity contribution in [3.8, 4) is 11.6 Å². The highest BCUT2D eigenvalue weighted by atomic mass is 16.4. The molecule has 3 amide bonds. The van der Waals surface area contributed by atoms with Crippen molar-refractivity contribution >= 4 is 17.9 Å². The molecule has 0 aliphatic heterocycles. The predicted molar refractivity (Wildman–Crippen MR) is 82.1 cm³/mol. The zero-order valence-electron chi connectivity index (χ0n) is 13.2. The summed E-state index contributed by atoms with van der Waals surface area (Å²) in [4.78, 5) is 41.8. The molecule has 2 aromatic heterocycles. The average Bonchev–Trinajstić information content (AvgIpc) is 3.09. The molecular formula is C13H15N7O6. The van der Waals surface area contributed by atoms with Gasteiger partial charge in [0.1, 0.15) is 11.7 Å². The number of primary amides is 1. The number of carboxylic acids is 1. The van der Waals surface area contributed by atoms with Crippen molar-refractivity contribution in [3.63, 3.8) is 0 Å². The summed E-state index contributed by atoms with van der Waals surface area (Å²) in [6.45, 7) is -0.819. The average molecular weight is 365 g/mol. The number of hydrogen-bond donors (Lipinski definition) is 5. The maximum absolute atomic E-state index is 11.9. The van der Waals surface area contributed by atoms with Crippen LogP contribution in [-0.2, 0) is 9.59 Å². The fourth-order valence-corrected chi connectivity index (χ4v) is 1.83. The fraction of sp³-hybridized carbons (Fsp3) is 0.308. The highest BCUT2D eigenvalue weighted by Crippen LogP contribution is 2.20. The van der Waals surface area contributed by atoms with Crippen LogP contribution >= 0.6 is 0 Å². The van der Waals surface area contributed by atoms with E-state index in [1.165, 1.54) is 18.6 Å². The Morgan fingerprint density at radius 2 is 2.00 bits per heavy atom. The molecule has 0 spiro atoms. The smallest absolute Gasteiger partial charge is 0.328 e. The maximum atomic E-state index is 11.9. The Labute approximate surface area is 145 Å². The molecule has 138 valence electrons. The lowest BCUT2D eigenvalue weighted by atomic mass is 10.2. The summed E-state index contributed by atoms with van der Waals surface area (Å²) in [5.74, 6) is -2.35. The summed E-state index contributed by atoms with van der Waals surface area (Å²) in [6.07, 6.45) is 3.85. The van der Waals surface area contributed by atoms with Gasteiger partial charge in [0.2, 0.25) is 11.8 Å². The lowest BCUT2D eigenvalue weighted by Gasteiger charge is -2.16. The predicted octanol–water partition coefficient (Wildman–Crippen LogP) is -1.81. The molecule has 26 heavy (non-hydrogen) atoms. The van der Waals surface area contributed by atoms with Crippen LogP contribution < -0.4 is 16.4 Å². The number of rotatable bonds is 8. The number of hydrogen-bond acceptors (Lipinski definition) is 9. The molecule has 0 saturated heterocycles. The van der Waals surface area contributed by atoms with Crippen molar-refractivity contribution in [1.29, 1.82) is 0 Å². The zero-order valence-corrected chi connectivity index (χ0v) is 13.2. The number of aromatic nitrogens is 4. The number of carbonyl (C=O) groups excluding carboxylic acids is 2. The summed E-state index contributed by atoms with van der Waals surface area (Å²) in [7, 11) is 0. The standard InChI is InChI=1S/C13H15N7O6/c14-9(22)3-6(17-13(25)18-8(5-21)12(23)24)10-19-20-11(26-10)7-4-15-1-2-16-7/h1-2,4,6,8,21H,3,5H2,(H2,14,22)(H,23,24)(H2,17,18,25)/t6-,8-/m0/s1. The molecule has 2 aromatic rings. The largest absolute Gasteiger partial charge is 0.480 e. The first-order chi connectivity index (χ1) is 12.4. The minimum atomic E-state index is -1.53. The molecule has 0 aliphatic carbocycles. The molecular weight excluding hydrogens is 350 g/mol. The van der Waals surface area contributed by atoms with E-state index in [2.05, 4.69) is 25.5 Å². The van der Waals surface area contributed by atoms with E-state index in [4.69, 9.17) is 20.4 Å². The van der Waals surface area contributed by atoms with Crippen LogP contribution in [0.25, 0.3) is 11.6 Å². The van der Waals surface area contributed by atoms with Crippen molar-refractivity contribution in [2.45, 2.75) is 18.5 Å². The topological polar surface area (TPSA) is 206 Å². The second-order valence-electron chi connectivity index (χ2n) is 4.95. The number of nitrogens with zero attached hydrogens (tertiary/aromatic N) is 4. The molecule has 13 heteroatoms. The maximum Gasteiger partial charge on any atom is 0.328 e. The van der Waals surface area contributed by atoms with Crippen LogP contribution in [0, 0.1) is 0 Å². The lowest BCUT2D eigenvalue weighted by Crippen LogP contribution is -2.49. The number of aliphatic hydroxyl groups excluding tert-OH is 1. The van der Waals surface area contributed by atoms with Gasteiger partial charge in [-0.05, 0) is 0 Å². The van der Waals surface area contributed by atoms with Crippen molar-refractivity contribution in [3.05, 3.63) is 24.5 Å². The van der Waals surface area contributed by atoms with Gasteiger partial charge in [-0.1, -0.05) is 0 Å². The van der Waals surface area contributed by atoms with E-state index in [-0.39, 0.29) is 23.9 Å². The highest BCUT2D eigenvalue weighted by Gasteiger charge is 2.26. The van der Waals surface area contributed by atoms with Crippen molar-refractivity contribution in [1.82, 2.24) is 30.8 Å². The number of nitrogens with one attached hydrogen (secondary N) is 2. The van der Waals surface area contributed by atoms with Crippen LogP contribution in [0.5, 0.6) is 0 Å². The number of amides is 3. The van der Waals surface area contributed by atoms with Crippen LogP contribution in [-0.4, -0.2) is 60.9 Å². The summed E-state index contributed by atoms with van der Waals surface area (Å²) in [5.41, 5.74) is 5.42. The Hall–Kier alpha value is -3.61. The number of nitrogens with two attached hydrogens (primary N) is 1. The Balaban J connectivity index is 2.15. The second kappa shape index (κ2) is 8.48. The minimum Gasteiger partial charge on any atom is -0.480 e. The summed E-state index contributed by atoms with van der Waals surface area (Å²) < 4.78 is 5.37. The van der Waals surface area contributed by atoms with Gasteiger partial charge in [0.15, 0.2) is 6.04 Å². The second-order valence-corrected chi connectivity index (χ2v) is 4.95. The van der Waals surface area contributed by atoms with Crippen LogP contribution in [0.15, 0.2) is 23.0 Å². The number of carbonyl (C=O) groups is 3. The summed E-state index contributed by atoms with van der Waals surface area (Å²) >= 11 is 0. The molecule has 0 saturated carbocycles. The van der Waals surface area contributed by atoms with Gasteiger partial charge in [-0.2, -0.15) is 0 Å². The Kier molecular flexibility index (Phi) is 6.10. The molecule has 0 unspecified atom stereocenters. The number of aliphatic carboxylic acids is 1. The van der Waals surface area contributed by atoms with Gasteiger partial charge in [0.25, 0.3) is 5.89 Å². The molecule has 2 rings (SSSR count). The van der Waals surface area contributed by atoms with Crippen molar-refractivity contribution < 1.29 is 29.0 Å². The molecule has 0 radical (unpaired) electrons. The third-order valence-electron chi connectivity index (χ3n) is 3.02. The monoisotopic (exact) mass is 365 g/mol. The van der Waals surface area contributed by atoms with E-state index in [1.54, 1.807) is 0 Å². The molecule has 6 N–H and O–H groups in total. The van der Waals surface area contributed by atoms with Gasteiger partial charge in [-0.25, -0.2) is 14.6 Å². The van der Waals surface area contributed by atoms with E-state index in [9.17, 15) is 14.4 Å². The molecule has 2 heterocycles. The first kappa shape index (κ1) is 18.7. The van der Waals surface area contributed by atoms with Crippen molar-refractivity contribution in [2.75, 3.05) is 6.61 Å². The quantitative estimate of drug-likeness (QED) is 0.354. The first-order valence-electron chi connectivity index (χ1n) is 7.19. The number of aliphatic hydroxyl groups is 1. The van der Waals surface area contributed by atoms with Crippen LogP contribution in [0.1, 0.15) is 18.4 Å². The lowest BCUT2D eigenvalue weighted by molar-refractivity contribution is -0.140. The van der Waals surface area contributed by atoms with E-state index in [0.29, 0.717) is 0 Å². The van der Waals surface area contributed by atoms with E-state index in [0.717, 1.165) is 0 Å². The third kappa shape index (κ3) is 4.94. The van der Waals surface area contributed by atoms with Gasteiger partial charge in [-0.15, -0.1) is 10.2 Å². The SMILES string of the molecule is NC(=O)C[C@H](NC(=O)N[C@@H](CO)C(=O)O)c1nnc(-c2cnccn2)o1. The van der Waals surface area contributed by atoms with E-state index >= 15 is 0 Å². The van der Waals surface area contributed by atoms with Gasteiger partial charge >= 0.3 is 12.0 Å². The van der Waals surface area contributed by atoms with Crippen LogP contribution in [0.2, 0.25) is 0 Å².